The van der Waals surface area contributed by atoms with Gasteiger partial charge in [0.1, 0.15) is 24.7 Å². The fourth-order valence-electron chi connectivity index (χ4n) is 9.63. The third-order valence-electron chi connectivity index (χ3n) is 14.6. The summed E-state index contributed by atoms with van der Waals surface area (Å²) in [5, 5.41) is 27.7. The number of fused-ring (bicyclic) bond motifs is 5. The maximum Gasteiger partial charge on any atom is 0.230 e. The van der Waals surface area contributed by atoms with Gasteiger partial charge in [-0.1, -0.05) is 168 Å². The molecule has 0 bridgehead atoms. The maximum atomic E-state index is 11.2. The van der Waals surface area contributed by atoms with Crippen molar-refractivity contribution in [1.29, 1.82) is 0 Å². The average molecular weight is 973 g/mol. The van der Waals surface area contributed by atoms with Crippen LogP contribution >= 0.6 is 23.5 Å². The van der Waals surface area contributed by atoms with Crippen molar-refractivity contribution in [1.82, 2.24) is 15.0 Å². The molecule has 2 unspecified atom stereocenters. The number of aromatic nitrogens is 3. The molecule has 1 aliphatic rings. The summed E-state index contributed by atoms with van der Waals surface area (Å²) in [6, 6.07) is 43.6. The van der Waals surface area contributed by atoms with Crippen LogP contribution in [0.25, 0.3) is 32.7 Å². The van der Waals surface area contributed by atoms with E-state index in [0.29, 0.717) is 47.3 Å². The number of rotatable bonds is 24. The molecule has 6 aromatic carbocycles. The van der Waals surface area contributed by atoms with E-state index in [2.05, 4.69) is 164 Å². The molecule has 0 amide bonds. The Morgan fingerprint density at radius 2 is 1.10 bits per heavy atom. The molecule has 1 heterocycles. The van der Waals surface area contributed by atoms with Crippen LogP contribution in [0.2, 0.25) is 0 Å². The number of ether oxygens (including phenoxy) is 2. The molecule has 0 saturated heterocycles. The van der Waals surface area contributed by atoms with Crippen molar-refractivity contribution in [2.45, 2.75) is 106 Å². The van der Waals surface area contributed by atoms with Gasteiger partial charge in [0.2, 0.25) is 5.95 Å². The molecule has 8 nitrogen and oxygen atoms in total. The zero-order chi connectivity index (χ0) is 49.5. The molecular formula is C60H68N4O4S2. The van der Waals surface area contributed by atoms with E-state index in [0.717, 1.165) is 53.0 Å². The third-order valence-corrected chi connectivity index (χ3v) is 17.0. The summed E-state index contributed by atoms with van der Waals surface area (Å²) in [5.74, 6) is 2.36. The molecule has 0 spiro atoms. The number of anilines is 1. The Morgan fingerprint density at radius 1 is 0.614 bits per heavy atom. The van der Waals surface area contributed by atoms with Gasteiger partial charge in [0.05, 0.1) is 17.6 Å². The minimum absolute atomic E-state index is 0.0108. The van der Waals surface area contributed by atoms with Gasteiger partial charge in [-0.15, -0.1) is 13.2 Å². The average Bonchev–Trinajstić information content (AvgIpc) is 3.69. The summed E-state index contributed by atoms with van der Waals surface area (Å²) in [5.41, 5.74) is 6.83. The van der Waals surface area contributed by atoms with Gasteiger partial charge in [-0.05, 0) is 123 Å². The van der Waals surface area contributed by atoms with E-state index in [1.165, 1.54) is 45.1 Å². The van der Waals surface area contributed by atoms with Crippen molar-refractivity contribution in [3.63, 3.8) is 0 Å². The van der Waals surface area contributed by atoms with Crippen molar-refractivity contribution >= 4 is 51.0 Å². The number of hydrogen-bond acceptors (Lipinski definition) is 10. The lowest BCUT2D eigenvalue weighted by Gasteiger charge is -2.34. The lowest BCUT2D eigenvalue weighted by Crippen LogP contribution is -2.28. The Kier molecular flexibility index (Phi) is 16.1. The molecule has 0 radical (unpaired) electrons. The molecule has 0 aliphatic heterocycles. The van der Waals surface area contributed by atoms with Crippen molar-refractivity contribution in [3.8, 4) is 22.6 Å². The monoisotopic (exact) mass is 972 g/mol. The van der Waals surface area contributed by atoms with Gasteiger partial charge >= 0.3 is 0 Å². The summed E-state index contributed by atoms with van der Waals surface area (Å²) in [7, 11) is 0. The maximum absolute atomic E-state index is 11.2. The van der Waals surface area contributed by atoms with E-state index in [1.807, 2.05) is 29.2 Å². The molecule has 0 saturated carbocycles. The highest BCUT2D eigenvalue weighted by Gasteiger charge is 2.46. The standard InChI is InChI=1S/C60H68N4O4S2/c1-9-31-64(32-10-2)55-61-56(63-57(62-55)70-59(8,13-5)14-6)69-40-48(66)39-68-50-30-26-42-34-46(28-24-44(42)36-50)60(53-21-17-15-19-51(53)52-20-16-18-22-54(52)60)45-27-23-43-35-49(29-25-41(43)33-45)67-38-47(65)37-58(7,11-3)12-4/h9-10,15-30,33-36,47-48,65-66H,1-2,11-14,31-32,37-40H2,3-8H3. The Hall–Kier alpha value is -5.65. The van der Waals surface area contributed by atoms with Crippen LogP contribution in [0.5, 0.6) is 11.5 Å². The molecule has 0 fully saturated rings. The number of nitrogens with zero attached hydrogens (tertiary/aromatic N) is 4. The number of benzene rings is 6. The summed E-state index contributed by atoms with van der Waals surface area (Å²) in [6.45, 7) is 22.6. The fourth-order valence-corrected chi connectivity index (χ4v) is 11.4. The van der Waals surface area contributed by atoms with Crippen molar-refractivity contribution in [3.05, 3.63) is 169 Å². The summed E-state index contributed by atoms with van der Waals surface area (Å²) in [6.07, 6.45) is 7.09. The van der Waals surface area contributed by atoms with Crippen LogP contribution in [0.1, 0.15) is 95.9 Å². The molecule has 10 heteroatoms. The summed E-state index contributed by atoms with van der Waals surface area (Å²) in [4.78, 5) is 16.5. The second-order valence-electron chi connectivity index (χ2n) is 19.2. The van der Waals surface area contributed by atoms with Crippen LogP contribution in [0.4, 0.5) is 5.95 Å². The highest BCUT2D eigenvalue weighted by atomic mass is 32.2. The molecule has 1 aromatic heterocycles. The zero-order valence-corrected chi connectivity index (χ0v) is 43.3. The number of hydrogen-bond donors (Lipinski definition) is 2. The van der Waals surface area contributed by atoms with Crippen molar-refractivity contribution in [2.24, 2.45) is 5.41 Å². The molecule has 2 N–H and O–H groups in total. The molecular weight excluding hydrogens is 905 g/mol. The van der Waals surface area contributed by atoms with Crippen LogP contribution < -0.4 is 14.4 Å². The Labute approximate surface area is 423 Å². The largest absolute Gasteiger partial charge is 0.491 e. The van der Waals surface area contributed by atoms with Crippen LogP contribution in [0.15, 0.2) is 157 Å². The number of thioether (sulfide) groups is 2. The molecule has 364 valence electrons. The first kappa shape index (κ1) is 50.7. The van der Waals surface area contributed by atoms with Gasteiger partial charge < -0.3 is 24.6 Å². The minimum atomic E-state index is -0.766. The lowest BCUT2D eigenvalue weighted by atomic mass is 9.67. The number of aliphatic hydroxyl groups is 2. The predicted molar refractivity (Wildman–Crippen MR) is 293 cm³/mol. The van der Waals surface area contributed by atoms with Gasteiger partial charge in [-0.25, -0.2) is 0 Å². The normalized spacial score (nSPS) is 13.9. The van der Waals surface area contributed by atoms with Crippen molar-refractivity contribution in [2.75, 3.05) is 37.0 Å². The van der Waals surface area contributed by atoms with Crippen molar-refractivity contribution < 1.29 is 19.7 Å². The first-order valence-electron chi connectivity index (χ1n) is 24.8. The smallest absolute Gasteiger partial charge is 0.230 e. The highest BCUT2D eigenvalue weighted by molar-refractivity contribution is 8.00. The molecule has 7 aromatic rings. The second kappa shape index (κ2) is 22.2. The van der Waals surface area contributed by atoms with E-state index >= 15 is 0 Å². The molecule has 8 rings (SSSR count). The van der Waals surface area contributed by atoms with E-state index in [1.54, 1.807) is 11.8 Å². The van der Waals surface area contributed by atoms with Crippen LogP contribution in [0.3, 0.4) is 0 Å². The van der Waals surface area contributed by atoms with E-state index in [-0.39, 0.29) is 23.4 Å². The Morgan fingerprint density at radius 3 is 1.61 bits per heavy atom. The van der Waals surface area contributed by atoms with Crippen LogP contribution in [0, 0.1) is 5.41 Å². The zero-order valence-electron chi connectivity index (χ0n) is 41.7. The molecule has 70 heavy (non-hydrogen) atoms. The van der Waals surface area contributed by atoms with E-state index < -0.39 is 17.6 Å². The Balaban J connectivity index is 1.03. The van der Waals surface area contributed by atoms with E-state index in [9.17, 15) is 10.2 Å². The van der Waals surface area contributed by atoms with Crippen LogP contribution in [-0.2, 0) is 5.41 Å². The quantitative estimate of drug-likeness (QED) is 0.0450. The fraction of sp³-hybridized carbons (Fsp3) is 0.350. The second-order valence-corrected chi connectivity index (χ2v) is 21.7. The SMILES string of the molecule is C=CCN(CC=C)c1nc(SCC(O)COc2ccc3cc(C4(c5ccc6cc(OCC(O)CC(C)(CC)CC)ccc6c5)c5ccccc5-c5ccccc54)ccc3c2)nc(SC(C)(CC)CC)n1. The summed E-state index contributed by atoms with van der Waals surface area (Å²) < 4.78 is 12.4. The third kappa shape index (κ3) is 10.8. The Bertz CT molecular complexity index is 2890. The topological polar surface area (TPSA) is 101 Å². The van der Waals surface area contributed by atoms with Gasteiger partial charge in [-0.3, -0.25) is 0 Å². The summed E-state index contributed by atoms with van der Waals surface area (Å²) >= 11 is 3.07. The first-order valence-corrected chi connectivity index (χ1v) is 26.6. The predicted octanol–water partition coefficient (Wildman–Crippen LogP) is 13.9. The molecule has 2 atom stereocenters. The lowest BCUT2D eigenvalue weighted by molar-refractivity contribution is 0.0578. The molecule has 1 aliphatic carbocycles. The first-order chi connectivity index (χ1) is 33.9. The van der Waals surface area contributed by atoms with Gasteiger partial charge in [0.25, 0.3) is 0 Å². The highest BCUT2D eigenvalue weighted by Crippen LogP contribution is 2.56. The van der Waals surface area contributed by atoms with Gasteiger partial charge in [0.15, 0.2) is 10.3 Å². The van der Waals surface area contributed by atoms with Gasteiger partial charge in [0, 0.05) is 23.6 Å². The van der Waals surface area contributed by atoms with E-state index in [4.69, 9.17) is 24.4 Å². The van der Waals surface area contributed by atoms with Gasteiger partial charge in [-0.2, -0.15) is 15.0 Å². The number of aliphatic hydroxyl groups excluding tert-OH is 2. The minimum Gasteiger partial charge on any atom is -0.491 e. The van der Waals surface area contributed by atoms with Crippen LogP contribution in [-0.4, -0.2) is 74.2 Å².